The third-order valence-corrected chi connectivity index (χ3v) is 8.76. The molecule has 0 atom stereocenters. The van der Waals surface area contributed by atoms with Crippen molar-refractivity contribution in [3.8, 4) is 0 Å². The summed E-state index contributed by atoms with van der Waals surface area (Å²) in [6, 6.07) is 10.1. The first-order valence-corrected chi connectivity index (χ1v) is 13.3. The van der Waals surface area contributed by atoms with Crippen LogP contribution in [-0.2, 0) is 10.0 Å². The van der Waals surface area contributed by atoms with Crippen LogP contribution in [0.1, 0.15) is 26.7 Å². The van der Waals surface area contributed by atoms with Gasteiger partial charge in [-0.2, -0.15) is 4.31 Å². The van der Waals surface area contributed by atoms with Crippen LogP contribution >= 0.6 is 23.6 Å². The lowest BCUT2D eigenvalue weighted by Crippen LogP contribution is -2.51. The van der Waals surface area contributed by atoms with Gasteiger partial charge in [0.2, 0.25) is 10.0 Å². The number of nitrogens with one attached hydrogen (secondary N) is 2. The molecule has 2 amide bonds. The molecular formula is C22H25FN4O3S3. The molecule has 0 spiro atoms. The van der Waals surface area contributed by atoms with Crippen molar-refractivity contribution in [1.82, 2.24) is 14.6 Å². The number of carbonyl (C=O) groups excluding carboxylic acids is 1. The molecule has 1 aromatic heterocycles. The number of H-pyrrole nitrogens is 1. The Kier molecular flexibility index (Phi) is 6.85. The second-order valence-electron chi connectivity index (χ2n) is 8.24. The molecule has 1 fully saturated rings. The number of sulfonamides is 1. The van der Waals surface area contributed by atoms with E-state index in [2.05, 4.69) is 10.3 Å². The van der Waals surface area contributed by atoms with E-state index in [-0.39, 0.29) is 36.1 Å². The molecule has 2 heterocycles. The van der Waals surface area contributed by atoms with Crippen molar-refractivity contribution in [3.05, 3.63) is 52.2 Å². The molecule has 0 saturated carbocycles. The van der Waals surface area contributed by atoms with Gasteiger partial charge in [-0.05, 0) is 81.4 Å². The van der Waals surface area contributed by atoms with Gasteiger partial charge in [0, 0.05) is 30.9 Å². The van der Waals surface area contributed by atoms with Crippen molar-refractivity contribution in [2.75, 3.05) is 18.0 Å². The number of halogens is 1. The molecule has 176 valence electrons. The van der Waals surface area contributed by atoms with E-state index in [4.69, 9.17) is 12.2 Å². The van der Waals surface area contributed by atoms with E-state index in [9.17, 15) is 17.6 Å². The fraction of sp³-hybridized carbons (Fsp3) is 0.364. The Hall–Kier alpha value is -2.34. The summed E-state index contributed by atoms with van der Waals surface area (Å²) in [5.74, 6) is -0.481. The maximum absolute atomic E-state index is 13.2. The van der Waals surface area contributed by atoms with E-state index < -0.39 is 15.8 Å². The van der Waals surface area contributed by atoms with Crippen molar-refractivity contribution in [2.45, 2.75) is 43.7 Å². The predicted octanol–water partition coefficient (Wildman–Crippen LogP) is 4.88. The Balaban J connectivity index is 1.42. The second kappa shape index (κ2) is 9.49. The standard InChI is InChI=1S/C22H25FN4O3S3/c1-14(2)27(17-5-8-19-20(13-17)32-22(31)25-19)21(28)24-16-9-11-26(12-10-16)33(29,30)18-6-3-15(23)4-7-18/h3-8,13-14,16H,9-12H2,1-2H3,(H,24,28)(H,25,31). The van der Waals surface area contributed by atoms with E-state index >= 15 is 0 Å². The summed E-state index contributed by atoms with van der Waals surface area (Å²) >= 11 is 6.67. The molecule has 1 aliphatic heterocycles. The average molecular weight is 509 g/mol. The lowest BCUT2D eigenvalue weighted by Gasteiger charge is -2.34. The number of rotatable bonds is 5. The molecule has 0 radical (unpaired) electrons. The van der Waals surface area contributed by atoms with E-state index in [0.29, 0.717) is 16.8 Å². The molecule has 33 heavy (non-hydrogen) atoms. The second-order valence-corrected chi connectivity index (χ2v) is 11.9. The van der Waals surface area contributed by atoms with Gasteiger partial charge in [0.05, 0.1) is 15.1 Å². The van der Waals surface area contributed by atoms with Crippen LogP contribution in [0.25, 0.3) is 10.2 Å². The third-order valence-electron chi connectivity index (χ3n) is 5.65. The summed E-state index contributed by atoms with van der Waals surface area (Å²) in [5, 5.41) is 3.06. The average Bonchev–Trinajstić information content (AvgIpc) is 3.13. The normalized spacial score (nSPS) is 15.8. The molecular weight excluding hydrogens is 483 g/mol. The number of nitrogens with zero attached hydrogens (tertiary/aromatic N) is 2. The van der Waals surface area contributed by atoms with Crippen LogP contribution in [0.5, 0.6) is 0 Å². The van der Waals surface area contributed by atoms with Crippen LogP contribution < -0.4 is 10.2 Å². The van der Waals surface area contributed by atoms with E-state index in [1.165, 1.54) is 27.8 Å². The Labute approximate surface area is 201 Å². The first-order valence-electron chi connectivity index (χ1n) is 10.6. The third kappa shape index (κ3) is 5.11. The molecule has 2 N–H and O–H groups in total. The number of aromatic amines is 1. The highest BCUT2D eigenvalue weighted by Crippen LogP contribution is 2.27. The van der Waals surface area contributed by atoms with E-state index in [1.54, 1.807) is 4.90 Å². The van der Waals surface area contributed by atoms with Crippen LogP contribution in [0, 0.1) is 9.77 Å². The number of piperidine rings is 1. The molecule has 11 heteroatoms. The predicted molar refractivity (Wildman–Crippen MR) is 131 cm³/mol. The van der Waals surface area contributed by atoms with E-state index in [1.807, 2.05) is 32.0 Å². The molecule has 0 unspecified atom stereocenters. The molecule has 1 saturated heterocycles. The number of carbonyl (C=O) groups is 1. The van der Waals surface area contributed by atoms with Gasteiger partial charge in [0.15, 0.2) is 3.95 Å². The van der Waals surface area contributed by atoms with Gasteiger partial charge in [-0.25, -0.2) is 17.6 Å². The van der Waals surface area contributed by atoms with Crippen molar-refractivity contribution in [2.24, 2.45) is 0 Å². The monoisotopic (exact) mass is 508 g/mol. The van der Waals surface area contributed by atoms with Gasteiger partial charge in [-0.1, -0.05) is 0 Å². The SMILES string of the molecule is CC(C)N(C(=O)NC1CCN(S(=O)(=O)c2ccc(F)cc2)CC1)c1ccc2[nH]c(=S)sc2c1. The number of benzene rings is 2. The summed E-state index contributed by atoms with van der Waals surface area (Å²) in [6.07, 6.45) is 0.993. The van der Waals surface area contributed by atoms with Crippen molar-refractivity contribution in [1.29, 1.82) is 0 Å². The number of urea groups is 1. The highest BCUT2D eigenvalue weighted by Gasteiger charge is 2.31. The fourth-order valence-corrected chi connectivity index (χ4v) is 6.59. The zero-order valence-electron chi connectivity index (χ0n) is 18.2. The Morgan fingerprint density at radius 3 is 2.52 bits per heavy atom. The van der Waals surface area contributed by atoms with Crippen molar-refractivity contribution >= 4 is 55.5 Å². The lowest BCUT2D eigenvalue weighted by atomic mass is 10.1. The van der Waals surface area contributed by atoms with Crippen LogP contribution in [0.3, 0.4) is 0 Å². The molecule has 2 aromatic carbocycles. The van der Waals surface area contributed by atoms with Gasteiger partial charge in [0.1, 0.15) is 5.82 Å². The summed E-state index contributed by atoms with van der Waals surface area (Å²) < 4.78 is 41.8. The number of hydrogen-bond acceptors (Lipinski definition) is 5. The van der Waals surface area contributed by atoms with Crippen molar-refractivity contribution < 1.29 is 17.6 Å². The highest BCUT2D eigenvalue weighted by atomic mass is 32.2. The molecule has 7 nitrogen and oxygen atoms in total. The zero-order valence-corrected chi connectivity index (χ0v) is 20.7. The summed E-state index contributed by atoms with van der Waals surface area (Å²) in [4.78, 5) is 18.0. The number of aromatic nitrogens is 1. The minimum absolute atomic E-state index is 0.0702. The molecule has 0 bridgehead atoms. The van der Waals surface area contributed by atoms with E-state index in [0.717, 1.165) is 28.0 Å². The van der Waals surface area contributed by atoms with Gasteiger partial charge in [0.25, 0.3) is 0 Å². The first kappa shape index (κ1) is 23.8. The molecule has 4 rings (SSSR count). The molecule has 3 aromatic rings. The number of thiazole rings is 1. The number of hydrogen-bond donors (Lipinski definition) is 2. The fourth-order valence-electron chi connectivity index (χ4n) is 3.97. The van der Waals surface area contributed by atoms with Crippen LogP contribution in [0.15, 0.2) is 47.4 Å². The lowest BCUT2D eigenvalue weighted by molar-refractivity contribution is 0.231. The largest absolute Gasteiger partial charge is 0.337 e. The number of amides is 2. The quantitative estimate of drug-likeness (QED) is 0.481. The smallest absolute Gasteiger partial charge is 0.322 e. The molecule has 1 aliphatic rings. The highest BCUT2D eigenvalue weighted by molar-refractivity contribution is 7.89. The molecule has 0 aliphatic carbocycles. The minimum Gasteiger partial charge on any atom is -0.337 e. The zero-order chi connectivity index (χ0) is 23.8. The van der Waals surface area contributed by atoms with Gasteiger partial charge in [-0.3, -0.25) is 4.90 Å². The number of anilines is 1. The Morgan fingerprint density at radius 1 is 1.21 bits per heavy atom. The summed E-state index contributed by atoms with van der Waals surface area (Å²) in [7, 11) is -3.69. The first-order chi connectivity index (χ1) is 15.6. The van der Waals surface area contributed by atoms with Gasteiger partial charge < -0.3 is 10.3 Å². The maximum atomic E-state index is 13.2. The minimum atomic E-state index is -3.69. The van der Waals surface area contributed by atoms with Crippen LogP contribution in [-0.4, -0.2) is 48.9 Å². The Morgan fingerprint density at radius 2 is 1.88 bits per heavy atom. The summed E-state index contributed by atoms with van der Waals surface area (Å²) in [6.45, 7) is 4.46. The van der Waals surface area contributed by atoms with Crippen LogP contribution in [0.2, 0.25) is 0 Å². The van der Waals surface area contributed by atoms with Gasteiger partial charge >= 0.3 is 6.03 Å². The summed E-state index contributed by atoms with van der Waals surface area (Å²) in [5.41, 5.74) is 1.71. The Bertz CT molecular complexity index is 1310. The maximum Gasteiger partial charge on any atom is 0.322 e. The van der Waals surface area contributed by atoms with Gasteiger partial charge in [-0.15, -0.1) is 11.3 Å². The van der Waals surface area contributed by atoms with Crippen molar-refractivity contribution in [3.63, 3.8) is 0 Å². The topological polar surface area (TPSA) is 85.5 Å². The number of fused-ring (bicyclic) bond motifs is 1. The van der Waals surface area contributed by atoms with Crippen LogP contribution in [0.4, 0.5) is 14.9 Å².